The highest BCUT2D eigenvalue weighted by atomic mass is 28.1. The lowest BCUT2D eigenvalue weighted by Crippen LogP contribution is -1.85. The standard InChI is InChI=1S/C4H8OSi/c1-2-3-4(5)6/h2-3H,1,6H3. The van der Waals surface area contributed by atoms with Gasteiger partial charge in [0, 0.05) is 0 Å². The van der Waals surface area contributed by atoms with Gasteiger partial charge in [-0.1, -0.05) is 6.08 Å². The molecule has 0 amide bonds. The molecule has 0 saturated carbocycles. The van der Waals surface area contributed by atoms with Gasteiger partial charge in [-0.3, -0.25) is 0 Å². The lowest BCUT2D eigenvalue weighted by atomic mass is 10.6. The molecule has 0 aliphatic carbocycles. The van der Waals surface area contributed by atoms with Gasteiger partial charge in [0.25, 0.3) is 0 Å². The van der Waals surface area contributed by atoms with Crippen molar-refractivity contribution in [1.82, 2.24) is 0 Å². The first-order valence-corrected chi connectivity index (χ1v) is 2.90. The lowest BCUT2D eigenvalue weighted by Gasteiger charge is -1.68. The molecule has 34 valence electrons. The molecule has 0 aromatic rings. The molecule has 0 heterocycles. The summed E-state index contributed by atoms with van der Waals surface area (Å²) in [5.74, 6) is 0. The van der Waals surface area contributed by atoms with E-state index in [0.29, 0.717) is 10.2 Å². The Morgan fingerprint density at radius 2 is 2.33 bits per heavy atom. The number of hydrogen-bond acceptors (Lipinski definition) is 1. The molecule has 0 aliphatic heterocycles. The topological polar surface area (TPSA) is 17.1 Å². The number of rotatable bonds is 1. The van der Waals surface area contributed by atoms with E-state index in [1.165, 1.54) is 0 Å². The second-order valence-electron chi connectivity index (χ2n) is 1.11. The Balaban J connectivity index is 3.30. The van der Waals surface area contributed by atoms with E-state index in [2.05, 4.69) is 0 Å². The summed E-state index contributed by atoms with van der Waals surface area (Å²) in [5.41, 5.74) is 0. The van der Waals surface area contributed by atoms with E-state index in [1.807, 2.05) is 6.92 Å². The van der Waals surface area contributed by atoms with E-state index in [0.717, 1.165) is 0 Å². The molecule has 0 spiro atoms. The maximum absolute atomic E-state index is 10.0. The highest BCUT2D eigenvalue weighted by Crippen LogP contribution is 1.64. The number of carbonyl (C=O) groups excluding carboxylic acids is 1. The second-order valence-corrected chi connectivity index (χ2v) is 2.10. The molecule has 2 heteroatoms. The highest BCUT2D eigenvalue weighted by molar-refractivity contribution is 6.60. The van der Waals surface area contributed by atoms with E-state index in [1.54, 1.807) is 12.2 Å². The van der Waals surface area contributed by atoms with Crippen LogP contribution in [0.1, 0.15) is 6.92 Å². The Kier molecular flexibility index (Phi) is 2.67. The second kappa shape index (κ2) is 2.84. The van der Waals surface area contributed by atoms with Crippen molar-refractivity contribution in [3.05, 3.63) is 12.2 Å². The third kappa shape index (κ3) is 3.63. The maximum Gasteiger partial charge on any atom is 0.121 e. The molecule has 0 saturated heterocycles. The molecular weight excluding hydrogens is 92.1 g/mol. The predicted molar refractivity (Wildman–Crippen MR) is 29.8 cm³/mol. The Morgan fingerprint density at radius 1 is 1.83 bits per heavy atom. The number of allylic oxidation sites excluding steroid dienone is 2. The van der Waals surface area contributed by atoms with Crippen LogP contribution in [0.3, 0.4) is 0 Å². The van der Waals surface area contributed by atoms with Gasteiger partial charge >= 0.3 is 0 Å². The van der Waals surface area contributed by atoms with E-state index in [-0.39, 0.29) is 5.41 Å². The first-order valence-electron chi connectivity index (χ1n) is 1.90. The van der Waals surface area contributed by atoms with E-state index >= 15 is 0 Å². The number of hydrogen-bond donors (Lipinski definition) is 0. The van der Waals surface area contributed by atoms with E-state index in [9.17, 15) is 4.79 Å². The van der Waals surface area contributed by atoms with Crippen LogP contribution in [0.2, 0.25) is 0 Å². The quantitative estimate of drug-likeness (QED) is 0.319. The van der Waals surface area contributed by atoms with Crippen LogP contribution in [0, 0.1) is 0 Å². The van der Waals surface area contributed by atoms with Crippen molar-refractivity contribution < 1.29 is 4.79 Å². The summed E-state index contributed by atoms with van der Waals surface area (Å²) in [7, 11) is 0.653. The third-order valence-corrected chi connectivity index (χ3v) is 0.735. The predicted octanol–water partition coefficient (Wildman–Crippen LogP) is -0.545. The minimum atomic E-state index is 0.248. The SMILES string of the molecule is CC=CC(=O)[SiH3]. The summed E-state index contributed by atoms with van der Waals surface area (Å²) in [6, 6.07) is 0. The average Bonchev–Trinajstić information content (AvgIpc) is 1.35. The van der Waals surface area contributed by atoms with Crippen LogP contribution in [0.5, 0.6) is 0 Å². The molecule has 0 rings (SSSR count). The molecule has 1 nitrogen and oxygen atoms in total. The molecule has 0 bridgehead atoms. The van der Waals surface area contributed by atoms with Crippen LogP contribution in [0.4, 0.5) is 0 Å². The first-order chi connectivity index (χ1) is 2.77. The normalized spacial score (nSPS) is 10.2. The molecule has 0 aliphatic rings. The van der Waals surface area contributed by atoms with Gasteiger partial charge in [-0.15, -0.1) is 0 Å². The highest BCUT2D eigenvalue weighted by Gasteiger charge is 1.72. The van der Waals surface area contributed by atoms with Crippen LogP contribution in [0.25, 0.3) is 0 Å². The Bertz CT molecular complexity index is 75.6. The zero-order chi connectivity index (χ0) is 4.99. The van der Waals surface area contributed by atoms with Crippen molar-refractivity contribution in [3.63, 3.8) is 0 Å². The van der Waals surface area contributed by atoms with Gasteiger partial charge in [-0.05, 0) is 13.0 Å². The van der Waals surface area contributed by atoms with Gasteiger partial charge in [0.1, 0.15) is 5.41 Å². The first kappa shape index (κ1) is 5.63. The zero-order valence-electron chi connectivity index (χ0n) is 4.06. The smallest absolute Gasteiger partial charge is 0.121 e. The van der Waals surface area contributed by atoms with E-state index in [4.69, 9.17) is 0 Å². The summed E-state index contributed by atoms with van der Waals surface area (Å²) in [5, 5.41) is 0.248. The van der Waals surface area contributed by atoms with Crippen molar-refractivity contribution in [2.24, 2.45) is 0 Å². The van der Waals surface area contributed by atoms with Crippen LogP contribution >= 0.6 is 0 Å². The Labute approximate surface area is 40.5 Å². The maximum atomic E-state index is 10.0. The van der Waals surface area contributed by atoms with Crippen molar-refractivity contribution >= 4 is 15.6 Å². The summed E-state index contributed by atoms with van der Waals surface area (Å²) in [4.78, 5) is 10.0. The summed E-state index contributed by atoms with van der Waals surface area (Å²) in [6.07, 6.45) is 3.35. The monoisotopic (exact) mass is 100 g/mol. The molecule has 0 N–H and O–H groups in total. The van der Waals surface area contributed by atoms with Gasteiger partial charge in [-0.25, -0.2) is 0 Å². The lowest BCUT2D eigenvalue weighted by molar-refractivity contribution is -0.107. The van der Waals surface area contributed by atoms with Crippen molar-refractivity contribution in [1.29, 1.82) is 0 Å². The van der Waals surface area contributed by atoms with Crippen LogP contribution in [-0.2, 0) is 4.79 Å². The average molecular weight is 100 g/mol. The van der Waals surface area contributed by atoms with Crippen molar-refractivity contribution in [2.75, 3.05) is 0 Å². The summed E-state index contributed by atoms with van der Waals surface area (Å²) in [6.45, 7) is 1.84. The molecule has 0 unspecified atom stereocenters. The van der Waals surface area contributed by atoms with Crippen molar-refractivity contribution in [3.8, 4) is 0 Å². The van der Waals surface area contributed by atoms with Crippen molar-refractivity contribution in [2.45, 2.75) is 6.92 Å². The third-order valence-electron chi connectivity index (χ3n) is 0.401. The van der Waals surface area contributed by atoms with Crippen LogP contribution in [0.15, 0.2) is 12.2 Å². The fourth-order valence-electron chi connectivity index (χ4n) is 0.235. The Morgan fingerprint density at radius 3 is 2.33 bits per heavy atom. The molecule has 0 atom stereocenters. The van der Waals surface area contributed by atoms with Crippen LogP contribution < -0.4 is 0 Å². The summed E-state index contributed by atoms with van der Waals surface area (Å²) >= 11 is 0. The molecular formula is C4H8OSi. The summed E-state index contributed by atoms with van der Waals surface area (Å²) < 4.78 is 0. The molecule has 0 fully saturated rings. The minimum Gasteiger partial charge on any atom is -0.302 e. The van der Waals surface area contributed by atoms with Gasteiger partial charge < -0.3 is 4.79 Å². The van der Waals surface area contributed by atoms with Crippen LogP contribution in [-0.4, -0.2) is 15.6 Å². The fourth-order valence-corrected chi connectivity index (χ4v) is 0.568. The van der Waals surface area contributed by atoms with Gasteiger partial charge in [0.05, 0.1) is 10.2 Å². The number of carbonyl (C=O) groups is 1. The molecule has 0 aromatic heterocycles. The molecule has 6 heavy (non-hydrogen) atoms. The Hall–Kier alpha value is -0.373. The molecule has 0 radical (unpaired) electrons. The van der Waals surface area contributed by atoms with Gasteiger partial charge in [0.2, 0.25) is 0 Å². The van der Waals surface area contributed by atoms with E-state index < -0.39 is 0 Å². The van der Waals surface area contributed by atoms with Gasteiger partial charge in [0.15, 0.2) is 0 Å². The molecule has 0 aromatic carbocycles. The minimum absolute atomic E-state index is 0.248. The zero-order valence-corrected chi connectivity index (χ0v) is 6.06. The fraction of sp³-hybridized carbons (Fsp3) is 0.250. The largest absolute Gasteiger partial charge is 0.302 e. The van der Waals surface area contributed by atoms with Gasteiger partial charge in [-0.2, -0.15) is 0 Å².